The predicted molar refractivity (Wildman–Crippen MR) is 103 cm³/mol. The molecule has 0 aliphatic carbocycles. The van der Waals surface area contributed by atoms with Crippen molar-refractivity contribution in [2.45, 2.75) is 27.2 Å². The number of aryl methyl sites for hydroxylation is 2. The Labute approximate surface area is 157 Å². The normalized spacial score (nSPS) is 10.6. The van der Waals surface area contributed by atoms with Crippen LogP contribution < -0.4 is 15.6 Å². The maximum absolute atomic E-state index is 12.4. The highest BCUT2D eigenvalue weighted by atomic mass is 16.5. The first-order valence-corrected chi connectivity index (χ1v) is 8.89. The lowest BCUT2D eigenvalue weighted by atomic mass is 10.1. The minimum absolute atomic E-state index is 0.153. The van der Waals surface area contributed by atoms with Crippen molar-refractivity contribution < 1.29 is 18.7 Å². The largest absolute Gasteiger partial charge is 0.494 e. The summed E-state index contributed by atoms with van der Waals surface area (Å²) in [7, 11) is 0. The van der Waals surface area contributed by atoms with E-state index in [9.17, 15) is 9.59 Å². The van der Waals surface area contributed by atoms with E-state index in [0.717, 1.165) is 17.4 Å². The summed E-state index contributed by atoms with van der Waals surface area (Å²) in [5, 5.41) is 0.799. The molecule has 140 valence electrons. The number of amides is 2. The number of fused-ring (bicyclic) bond motifs is 1. The summed E-state index contributed by atoms with van der Waals surface area (Å²) in [6.45, 7) is 6.30. The SMILES string of the molecule is CCOc1ccc2oc(C(=O)NNC(=O)c3ccc(CC)cc3)c(C)c2c1. The minimum atomic E-state index is -0.514. The molecule has 3 aromatic rings. The predicted octanol–water partition coefficient (Wildman–Crippen LogP) is 3.78. The molecule has 0 aliphatic rings. The zero-order valence-corrected chi connectivity index (χ0v) is 15.6. The van der Waals surface area contributed by atoms with Crippen LogP contribution in [0, 0.1) is 6.92 Å². The van der Waals surface area contributed by atoms with Crippen LogP contribution in [-0.2, 0) is 6.42 Å². The maximum atomic E-state index is 12.4. The molecule has 2 amide bonds. The Bertz CT molecular complexity index is 974. The first-order valence-electron chi connectivity index (χ1n) is 8.89. The molecule has 2 aromatic carbocycles. The van der Waals surface area contributed by atoms with E-state index in [4.69, 9.17) is 9.15 Å². The number of hydrazine groups is 1. The monoisotopic (exact) mass is 366 g/mol. The first-order chi connectivity index (χ1) is 13.0. The number of rotatable bonds is 5. The number of ether oxygens (including phenoxy) is 1. The Hall–Kier alpha value is -3.28. The molecule has 0 spiro atoms. The van der Waals surface area contributed by atoms with Crippen molar-refractivity contribution in [2.75, 3.05) is 6.61 Å². The molecule has 0 bridgehead atoms. The van der Waals surface area contributed by atoms with Crippen molar-refractivity contribution in [1.82, 2.24) is 10.9 Å². The quantitative estimate of drug-likeness (QED) is 0.674. The second-order valence-corrected chi connectivity index (χ2v) is 6.11. The van der Waals surface area contributed by atoms with Crippen LogP contribution in [0.1, 0.15) is 45.9 Å². The van der Waals surface area contributed by atoms with Crippen LogP contribution in [0.25, 0.3) is 11.0 Å². The molecule has 0 atom stereocenters. The third kappa shape index (κ3) is 3.95. The average molecular weight is 366 g/mol. The van der Waals surface area contributed by atoms with Crippen molar-refractivity contribution in [3.05, 3.63) is 64.9 Å². The van der Waals surface area contributed by atoms with Crippen LogP contribution in [0.5, 0.6) is 5.75 Å². The fourth-order valence-corrected chi connectivity index (χ4v) is 2.81. The molecule has 0 saturated carbocycles. The molecule has 0 aliphatic heterocycles. The Morgan fingerprint density at radius 2 is 1.70 bits per heavy atom. The smallest absolute Gasteiger partial charge is 0.305 e. The van der Waals surface area contributed by atoms with Gasteiger partial charge < -0.3 is 9.15 Å². The summed E-state index contributed by atoms with van der Waals surface area (Å²) in [5.41, 5.74) is 7.70. The van der Waals surface area contributed by atoms with Gasteiger partial charge in [0, 0.05) is 16.5 Å². The Morgan fingerprint density at radius 3 is 2.37 bits per heavy atom. The Morgan fingerprint density at radius 1 is 1.00 bits per heavy atom. The Balaban J connectivity index is 1.71. The highest BCUT2D eigenvalue weighted by molar-refractivity contribution is 6.01. The summed E-state index contributed by atoms with van der Waals surface area (Å²) in [4.78, 5) is 24.6. The van der Waals surface area contributed by atoms with E-state index in [1.807, 2.05) is 32.0 Å². The Kier molecular flexibility index (Phi) is 5.45. The zero-order valence-electron chi connectivity index (χ0n) is 15.6. The van der Waals surface area contributed by atoms with Crippen LogP contribution in [-0.4, -0.2) is 18.4 Å². The second kappa shape index (κ2) is 7.95. The van der Waals surface area contributed by atoms with Gasteiger partial charge >= 0.3 is 5.91 Å². The lowest BCUT2D eigenvalue weighted by Crippen LogP contribution is -2.41. The van der Waals surface area contributed by atoms with E-state index >= 15 is 0 Å². The molecule has 0 unspecified atom stereocenters. The van der Waals surface area contributed by atoms with Crippen molar-refractivity contribution in [3.8, 4) is 5.75 Å². The van der Waals surface area contributed by atoms with Crippen LogP contribution in [0.2, 0.25) is 0 Å². The lowest BCUT2D eigenvalue weighted by Gasteiger charge is -2.07. The molecule has 3 rings (SSSR count). The number of hydrogen-bond acceptors (Lipinski definition) is 4. The van der Waals surface area contributed by atoms with Gasteiger partial charge in [-0.05, 0) is 56.2 Å². The summed E-state index contributed by atoms with van der Waals surface area (Å²) in [5.74, 6) is -0.0384. The summed E-state index contributed by atoms with van der Waals surface area (Å²) < 4.78 is 11.1. The van der Waals surface area contributed by atoms with Gasteiger partial charge in [0.25, 0.3) is 5.91 Å². The van der Waals surface area contributed by atoms with Gasteiger partial charge in [-0.15, -0.1) is 0 Å². The molecule has 0 saturated heterocycles. The maximum Gasteiger partial charge on any atom is 0.305 e. The lowest BCUT2D eigenvalue weighted by molar-refractivity contribution is 0.0831. The minimum Gasteiger partial charge on any atom is -0.494 e. The molecule has 6 nitrogen and oxygen atoms in total. The van der Waals surface area contributed by atoms with Gasteiger partial charge in [-0.1, -0.05) is 19.1 Å². The van der Waals surface area contributed by atoms with Crippen LogP contribution in [0.15, 0.2) is 46.9 Å². The third-order valence-electron chi connectivity index (χ3n) is 4.34. The molecular formula is C21H22N2O4. The molecule has 1 heterocycles. The number of hydrogen-bond donors (Lipinski definition) is 2. The molecule has 27 heavy (non-hydrogen) atoms. The highest BCUT2D eigenvalue weighted by Crippen LogP contribution is 2.28. The fraction of sp³-hybridized carbons (Fsp3) is 0.238. The van der Waals surface area contributed by atoms with E-state index in [1.165, 1.54) is 0 Å². The van der Waals surface area contributed by atoms with E-state index in [0.29, 0.717) is 29.1 Å². The zero-order chi connectivity index (χ0) is 19.4. The van der Waals surface area contributed by atoms with Gasteiger partial charge in [0.2, 0.25) is 0 Å². The van der Waals surface area contributed by atoms with E-state index in [2.05, 4.69) is 10.9 Å². The van der Waals surface area contributed by atoms with Crippen molar-refractivity contribution in [1.29, 1.82) is 0 Å². The van der Waals surface area contributed by atoms with Crippen molar-refractivity contribution >= 4 is 22.8 Å². The van der Waals surface area contributed by atoms with Gasteiger partial charge in [-0.25, -0.2) is 0 Å². The second-order valence-electron chi connectivity index (χ2n) is 6.11. The molecule has 0 radical (unpaired) electrons. The summed E-state index contributed by atoms with van der Waals surface area (Å²) >= 11 is 0. The van der Waals surface area contributed by atoms with Gasteiger partial charge in [0.05, 0.1) is 6.61 Å². The number of carbonyl (C=O) groups excluding carboxylic acids is 2. The average Bonchev–Trinajstić information content (AvgIpc) is 3.02. The van der Waals surface area contributed by atoms with Crippen molar-refractivity contribution in [3.63, 3.8) is 0 Å². The standard InChI is InChI=1S/C21H22N2O4/c1-4-14-6-8-15(9-7-14)20(24)22-23-21(25)19-13(3)17-12-16(26-5-2)10-11-18(17)27-19/h6-12H,4-5H2,1-3H3,(H,22,24)(H,23,25). The van der Waals surface area contributed by atoms with E-state index in [-0.39, 0.29) is 5.76 Å². The number of nitrogens with one attached hydrogen (secondary N) is 2. The first kappa shape index (κ1) is 18.5. The third-order valence-corrected chi connectivity index (χ3v) is 4.34. The van der Waals surface area contributed by atoms with Crippen LogP contribution in [0.4, 0.5) is 0 Å². The summed E-state index contributed by atoms with van der Waals surface area (Å²) in [6, 6.07) is 12.6. The van der Waals surface area contributed by atoms with Crippen molar-refractivity contribution in [2.24, 2.45) is 0 Å². The van der Waals surface area contributed by atoms with Gasteiger partial charge in [-0.2, -0.15) is 0 Å². The van der Waals surface area contributed by atoms with Gasteiger partial charge in [0.1, 0.15) is 11.3 Å². The fourth-order valence-electron chi connectivity index (χ4n) is 2.81. The van der Waals surface area contributed by atoms with E-state index < -0.39 is 11.8 Å². The highest BCUT2D eigenvalue weighted by Gasteiger charge is 2.19. The molecule has 6 heteroatoms. The number of benzene rings is 2. The van der Waals surface area contributed by atoms with Crippen LogP contribution >= 0.6 is 0 Å². The molecule has 2 N–H and O–H groups in total. The molecule has 1 aromatic heterocycles. The number of carbonyl (C=O) groups is 2. The summed E-state index contributed by atoms with van der Waals surface area (Å²) in [6.07, 6.45) is 0.898. The topological polar surface area (TPSA) is 80.6 Å². The van der Waals surface area contributed by atoms with E-state index in [1.54, 1.807) is 31.2 Å². The van der Waals surface area contributed by atoms with Gasteiger partial charge in [0.15, 0.2) is 5.76 Å². The van der Waals surface area contributed by atoms with Gasteiger partial charge in [-0.3, -0.25) is 20.4 Å². The molecular weight excluding hydrogens is 344 g/mol. The molecule has 0 fully saturated rings. The number of furan rings is 1. The van der Waals surface area contributed by atoms with Crippen LogP contribution in [0.3, 0.4) is 0 Å².